The molecule has 132 valence electrons. The Morgan fingerprint density at radius 3 is 2.44 bits per heavy atom. The fourth-order valence-corrected chi connectivity index (χ4v) is 3.41. The summed E-state index contributed by atoms with van der Waals surface area (Å²) in [4.78, 5) is 12.7. The van der Waals surface area contributed by atoms with E-state index in [1.165, 1.54) is 12.1 Å². The van der Waals surface area contributed by atoms with Gasteiger partial charge in [0.15, 0.2) is 0 Å². The molecule has 1 fully saturated rings. The van der Waals surface area contributed by atoms with E-state index in [9.17, 15) is 9.18 Å². The van der Waals surface area contributed by atoms with Gasteiger partial charge in [-0.25, -0.2) is 4.39 Å². The van der Waals surface area contributed by atoms with Crippen LogP contribution in [0.1, 0.15) is 35.9 Å². The molecule has 0 spiro atoms. The van der Waals surface area contributed by atoms with E-state index in [4.69, 9.17) is 16.3 Å². The van der Waals surface area contributed by atoms with Crippen molar-refractivity contribution in [1.29, 1.82) is 0 Å². The van der Waals surface area contributed by atoms with Gasteiger partial charge in [-0.15, -0.1) is 0 Å². The molecule has 0 bridgehead atoms. The van der Waals surface area contributed by atoms with Gasteiger partial charge in [0.25, 0.3) is 0 Å². The Bertz CT molecular complexity index is 717. The SMILES string of the molecule is COCC(NC(=O)C1CCC1c1ccc(F)cc1)c1ccc(Cl)cc1. The Kier molecular flexibility index (Phi) is 5.71. The van der Waals surface area contributed by atoms with Gasteiger partial charge in [0, 0.05) is 18.1 Å². The standard InChI is InChI=1S/C20H21ClFNO2/c1-25-12-19(14-2-6-15(21)7-3-14)23-20(24)18-11-10-17(18)13-4-8-16(22)9-5-13/h2-9,17-19H,10-12H2,1H3,(H,23,24). The number of carbonyl (C=O) groups excluding carboxylic acids is 1. The van der Waals surface area contributed by atoms with E-state index in [-0.39, 0.29) is 29.6 Å². The summed E-state index contributed by atoms with van der Waals surface area (Å²) in [6.45, 7) is 0.390. The van der Waals surface area contributed by atoms with Gasteiger partial charge in [0.1, 0.15) is 5.82 Å². The van der Waals surface area contributed by atoms with Crippen molar-refractivity contribution in [3.05, 3.63) is 70.5 Å². The van der Waals surface area contributed by atoms with Crippen molar-refractivity contribution in [1.82, 2.24) is 5.32 Å². The number of rotatable bonds is 6. The van der Waals surface area contributed by atoms with Crippen LogP contribution in [0.25, 0.3) is 0 Å². The molecule has 0 aromatic heterocycles. The number of benzene rings is 2. The molecule has 5 heteroatoms. The summed E-state index contributed by atoms with van der Waals surface area (Å²) in [5, 5.41) is 3.74. The van der Waals surface area contributed by atoms with Gasteiger partial charge >= 0.3 is 0 Å². The average molecular weight is 362 g/mol. The second-order valence-electron chi connectivity index (χ2n) is 6.41. The fraction of sp³-hybridized carbons (Fsp3) is 0.350. The van der Waals surface area contributed by atoms with Crippen molar-refractivity contribution >= 4 is 17.5 Å². The third-order valence-electron chi connectivity index (χ3n) is 4.83. The lowest BCUT2D eigenvalue weighted by Gasteiger charge is -2.37. The van der Waals surface area contributed by atoms with E-state index in [0.717, 1.165) is 24.0 Å². The molecule has 1 N–H and O–H groups in total. The zero-order valence-corrected chi connectivity index (χ0v) is 14.8. The highest BCUT2D eigenvalue weighted by atomic mass is 35.5. The van der Waals surface area contributed by atoms with Crippen LogP contribution in [0.15, 0.2) is 48.5 Å². The quantitative estimate of drug-likeness (QED) is 0.824. The van der Waals surface area contributed by atoms with Crippen LogP contribution < -0.4 is 5.32 Å². The zero-order valence-electron chi connectivity index (χ0n) is 14.0. The van der Waals surface area contributed by atoms with Crippen LogP contribution >= 0.6 is 11.6 Å². The fourth-order valence-electron chi connectivity index (χ4n) is 3.28. The first-order valence-electron chi connectivity index (χ1n) is 8.38. The normalized spacial score (nSPS) is 20.6. The topological polar surface area (TPSA) is 38.3 Å². The zero-order chi connectivity index (χ0) is 17.8. The third-order valence-corrected chi connectivity index (χ3v) is 5.08. The molecule has 25 heavy (non-hydrogen) atoms. The molecule has 0 saturated heterocycles. The highest BCUT2D eigenvalue weighted by Gasteiger charge is 2.38. The average Bonchev–Trinajstić information content (AvgIpc) is 2.56. The van der Waals surface area contributed by atoms with E-state index in [1.54, 1.807) is 31.4 Å². The number of carbonyl (C=O) groups is 1. The predicted octanol–water partition coefficient (Wildman–Crippen LogP) is 4.48. The molecule has 0 radical (unpaired) electrons. The monoisotopic (exact) mass is 361 g/mol. The highest BCUT2D eigenvalue weighted by Crippen LogP contribution is 2.42. The van der Waals surface area contributed by atoms with Crippen molar-refractivity contribution in [2.24, 2.45) is 5.92 Å². The Balaban J connectivity index is 1.68. The van der Waals surface area contributed by atoms with Crippen LogP contribution in [0.4, 0.5) is 4.39 Å². The summed E-state index contributed by atoms with van der Waals surface area (Å²) >= 11 is 5.93. The van der Waals surface area contributed by atoms with Crippen molar-refractivity contribution in [2.75, 3.05) is 13.7 Å². The first-order valence-corrected chi connectivity index (χ1v) is 8.76. The Morgan fingerprint density at radius 1 is 1.20 bits per heavy atom. The first kappa shape index (κ1) is 17.9. The van der Waals surface area contributed by atoms with E-state index in [2.05, 4.69) is 5.32 Å². The smallest absolute Gasteiger partial charge is 0.224 e. The van der Waals surface area contributed by atoms with E-state index in [1.807, 2.05) is 12.1 Å². The molecule has 2 aromatic carbocycles. The highest BCUT2D eigenvalue weighted by molar-refractivity contribution is 6.30. The molecule has 1 aliphatic rings. The van der Waals surface area contributed by atoms with Crippen LogP contribution in [0.5, 0.6) is 0 Å². The molecule has 3 rings (SSSR count). The second-order valence-corrected chi connectivity index (χ2v) is 6.85. The molecule has 0 heterocycles. The Hall–Kier alpha value is -1.91. The molecule has 2 aromatic rings. The molecule has 3 unspecified atom stereocenters. The third kappa shape index (κ3) is 4.20. The van der Waals surface area contributed by atoms with Gasteiger partial charge in [0.2, 0.25) is 5.91 Å². The van der Waals surface area contributed by atoms with Crippen LogP contribution in [-0.2, 0) is 9.53 Å². The van der Waals surface area contributed by atoms with Crippen LogP contribution in [0, 0.1) is 11.7 Å². The van der Waals surface area contributed by atoms with Gasteiger partial charge < -0.3 is 10.1 Å². The molecule has 1 amide bonds. The molecule has 0 aliphatic heterocycles. The number of ether oxygens (including phenoxy) is 1. The van der Waals surface area contributed by atoms with Gasteiger partial charge in [-0.05, 0) is 54.2 Å². The summed E-state index contributed by atoms with van der Waals surface area (Å²) < 4.78 is 18.4. The number of methoxy groups -OCH3 is 1. The van der Waals surface area contributed by atoms with E-state index in [0.29, 0.717) is 11.6 Å². The van der Waals surface area contributed by atoms with Crippen molar-refractivity contribution in [3.8, 4) is 0 Å². The maximum Gasteiger partial charge on any atom is 0.224 e. The summed E-state index contributed by atoms with van der Waals surface area (Å²) in [5.41, 5.74) is 1.97. The number of amides is 1. The first-order chi connectivity index (χ1) is 12.1. The minimum atomic E-state index is -0.257. The van der Waals surface area contributed by atoms with Gasteiger partial charge in [-0.3, -0.25) is 4.79 Å². The van der Waals surface area contributed by atoms with Crippen molar-refractivity contribution < 1.29 is 13.9 Å². The molecule has 1 aliphatic carbocycles. The summed E-state index contributed by atoms with van der Waals surface area (Å²) in [7, 11) is 1.61. The molecule has 1 saturated carbocycles. The summed E-state index contributed by atoms with van der Waals surface area (Å²) in [6.07, 6.45) is 1.79. The Labute approximate surface area is 152 Å². The number of hydrogen-bond donors (Lipinski definition) is 1. The van der Waals surface area contributed by atoms with E-state index < -0.39 is 0 Å². The lowest BCUT2D eigenvalue weighted by Crippen LogP contribution is -2.42. The van der Waals surface area contributed by atoms with Crippen LogP contribution in [0.2, 0.25) is 5.02 Å². The molecular weight excluding hydrogens is 341 g/mol. The largest absolute Gasteiger partial charge is 0.382 e. The van der Waals surface area contributed by atoms with Crippen LogP contribution in [-0.4, -0.2) is 19.6 Å². The Morgan fingerprint density at radius 2 is 1.88 bits per heavy atom. The molecular formula is C20H21ClFNO2. The minimum Gasteiger partial charge on any atom is -0.382 e. The van der Waals surface area contributed by atoms with Crippen LogP contribution in [0.3, 0.4) is 0 Å². The molecule has 3 nitrogen and oxygen atoms in total. The number of hydrogen-bond acceptors (Lipinski definition) is 2. The minimum absolute atomic E-state index is 0.0116. The predicted molar refractivity (Wildman–Crippen MR) is 96.1 cm³/mol. The van der Waals surface area contributed by atoms with Crippen molar-refractivity contribution in [2.45, 2.75) is 24.8 Å². The maximum absolute atomic E-state index is 13.1. The molecule has 3 atom stereocenters. The summed E-state index contributed by atoms with van der Waals surface area (Å²) in [6, 6.07) is 13.6. The lowest BCUT2D eigenvalue weighted by atomic mass is 9.69. The second kappa shape index (κ2) is 7.98. The van der Waals surface area contributed by atoms with Gasteiger partial charge in [-0.2, -0.15) is 0 Å². The number of halogens is 2. The van der Waals surface area contributed by atoms with Gasteiger partial charge in [0.05, 0.1) is 12.6 Å². The van der Waals surface area contributed by atoms with Gasteiger partial charge in [-0.1, -0.05) is 35.9 Å². The maximum atomic E-state index is 13.1. The lowest BCUT2D eigenvalue weighted by molar-refractivity contribution is -0.129. The summed E-state index contributed by atoms with van der Waals surface area (Å²) in [5.74, 6) is -0.185. The van der Waals surface area contributed by atoms with Crippen molar-refractivity contribution in [3.63, 3.8) is 0 Å². The number of nitrogens with one attached hydrogen (secondary N) is 1. The van der Waals surface area contributed by atoms with E-state index >= 15 is 0 Å².